The molecule has 82 valence electrons. The maximum atomic E-state index is 11.5. The molecule has 1 rings (SSSR count). The van der Waals surface area contributed by atoms with Gasteiger partial charge in [0.25, 0.3) is 5.56 Å². The molecule has 0 aliphatic carbocycles. The van der Waals surface area contributed by atoms with Crippen molar-refractivity contribution >= 4 is 11.9 Å². The molecule has 0 atom stereocenters. The van der Waals surface area contributed by atoms with Crippen LogP contribution in [0.4, 0.5) is 5.95 Å². The van der Waals surface area contributed by atoms with Gasteiger partial charge in [-0.1, -0.05) is 0 Å². The van der Waals surface area contributed by atoms with Crippen molar-refractivity contribution in [3.8, 4) is 0 Å². The molecule has 0 amide bonds. The van der Waals surface area contributed by atoms with Gasteiger partial charge in [-0.05, 0) is 6.92 Å². The molecule has 6 heteroatoms. The molecular formula is C9H13N3O3. The summed E-state index contributed by atoms with van der Waals surface area (Å²) in [5.41, 5.74) is 5.85. The van der Waals surface area contributed by atoms with Crippen molar-refractivity contribution in [3.05, 3.63) is 22.1 Å². The molecule has 0 saturated carbocycles. The summed E-state index contributed by atoms with van der Waals surface area (Å²) in [7, 11) is 1.29. The van der Waals surface area contributed by atoms with Crippen molar-refractivity contribution in [1.82, 2.24) is 9.55 Å². The van der Waals surface area contributed by atoms with Crippen LogP contribution in [-0.4, -0.2) is 22.6 Å². The predicted molar refractivity (Wildman–Crippen MR) is 54.3 cm³/mol. The van der Waals surface area contributed by atoms with Crippen LogP contribution in [0.1, 0.15) is 12.1 Å². The third kappa shape index (κ3) is 2.80. The van der Waals surface area contributed by atoms with E-state index in [1.165, 1.54) is 17.7 Å². The summed E-state index contributed by atoms with van der Waals surface area (Å²) in [5.74, 6) is -0.272. The van der Waals surface area contributed by atoms with Crippen LogP contribution in [0.5, 0.6) is 0 Å². The van der Waals surface area contributed by atoms with Crippen LogP contribution in [0.2, 0.25) is 0 Å². The minimum atomic E-state index is -0.387. The van der Waals surface area contributed by atoms with E-state index in [4.69, 9.17) is 5.73 Å². The first-order valence-electron chi connectivity index (χ1n) is 4.45. The molecule has 0 aromatic carbocycles. The minimum Gasteiger partial charge on any atom is -0.469 e. The first kappa shape index (κ1) is 11.2. The molecule has 0 saturated heterocycles. The van der Waals surface area contributed by atoms with E-state index in [2.05, 4.69) is 9.72 Å². The Kier molecular flexibility index (Phi) is 3.43. The van der Waals surface area contributed by atoms with Gasteiger partial charge >= 0.3 is 5.97 Å². The third-order valence-electron chi connectivity index (χ3n) is 1.93. The highest BCUT2D eigenvalue weighted by Gasteiger charge is 2.06. The number of ether oxygens (including phenoxy) is 1. The molecular weight excluding hydrogens is 198 g/mol. The van der Waals surface area contributed by atoms with Gasteiger partial charge in [-0.3, -0.25) is 14.2 Å². The van der Waals surface area contributed by atoms with Gasteiger partial charge in [0.05, 0.1) is 13.5 Å². The van der Waals surface area contributed by atoms with Crippen LogP contribution >= 0.6 is 0 Å². The number of anilines is 1. The van der Waals surface area contributed by atoms with E-state index in [9.17, 15) is 9.59 Å². The average molecular weight is 211 g/mol. The summed E-state index contributed by atoms with van der Waals surface area (Å²) in [6.45, 7) is 1.87. The molecule has 0 aliphatic rings. The Morgan fingerprint density at radius 3 is 2.87 bits per heavy atom. The zero-order chi connectivity index (χ0) is 11.4. The molecule has 0 radical (unpaired) electrons. The molecule has 1 aromatic heterocycles. The summed E-state index contributed by atoms with van der Waals surface area (Å²) in [5, 5.41) is 0. The molecule has 1 aromatic rings. The molecule has 1 heterocycles. The zero-order valence-electron chi connectivity index (χ0n) is 8.69. The highest BCUT2D eigenvalue weighted by molar-refractivity contribution is 5.69. The average Bonchev–Trinajstić information content (AvgIpc) is 2.15. The number of hydrogen-bond acceptors (Lipinski definition) is 5. The third-order valence-corrected chi connectivity index (χ3v) is 1.93. The monoisotopic (exact) mass is 211 g/mol. The first-order valence-corrected chi connectivity index (χ1v) is 4.45. The molecule has 0 aliphatic heterocycles. The Bertz CT molecular complexity index is 425. The number of nitrogens with two attached hydrogens (primary N) is 1. The fourth-order valence-electron chi connectivity index (χ4n) is 1.17. The Morgan fingerprint density at radius 2 is 2.33 bits per heavy atom. The Balaban J connectivity index is 2.86. The molecule has 0 fully saturated rings. The summed E-state index contributed by atoms with van der Waals surface area (Å²) in [6, 6.07) is 1.37. The van der Waals surface area contributed by atoms with Crippen LogP contribution < -0.4 is 11.3 Å². The second kappa shape index (κ2) is 4.59. The zero-order valence-corrected chi connectivity index (χ0v) is 8.69. The Labute approximate surface area is 86.7 Å². The van der Waals surface area contributed by atoms with Crippen molar-refractivity contribution in [2.45, 2.75) is 19.9 Å². The Morgan fingerprint density at radius 1 is 1.67 bits per heavy atom. The van der Waals surface area contributed by atoms with Gasteiger partial charge < -0.3 is 10.5 Å². The smallest absolute Gasteiger partial charge is 0.307 e. The van der Waals surface area contributed by atoms with Crippen molar-refractivity contribution < 1.29 is 9.53 Å². The highest BCUT2D eigenvalue weighted by atomic mass is 16.5. The van der Waals surface area contributed by atoms with E-state index in [1.54, 1.807) is 6.92 Å². The number of hydrogen-bond donors (Lipinski definition) is 1. The SMILES string of the molecule is COC(=O)CCn1c(N)nc(C)cc1=O. The normalized spacial score (nSPS) is 10.0. The summed E-state index contributed by atoms with van der Waals surface area (Å²) in [6.07, 6.45) is 0.103. The lowest BCUT2D eigenvalue weighted by molar-refractivity contribution is -0.140. The van der Waals surface area contributed by atoms with Gasteiger partial charge in [0.1, 0.15) is 0 Å². The van der Waals surface area contributed by atoms with Crippen molar-refractivity contribution in [2.75, 3.05) is 12.8 Å². The predicted octanol–water partition coefficient (Wildman–Crippen LogP) is -0.303. The van der Waals surface area contributed by atoms with E-state index >= 15 is 0 Å². The van der Waals surface area contributed by atoms with Gasteiger partial charge in [-0.25, -0.2) is 4.98 Å². The fraction of sp³-hybridized carbons (Fsp3) is 0.444. The second-order valence-electron chi connectivity index (χ2n) is 3.07. The lowest BCUT2D eigenvalue weighted by Gasteiger charge is -2.07. The van der Waals surface area contributed by atoms with Gasteiger partial charge in [0.2, 0.25) is 5.95 Å². The molecule has 2 N–H and O–H groups in total. The van der Waals surface area contributed by atoms with Gasteiger partial charge in [0, 0.05) is 18.3 Å². The van der Waals surface area contributed by atoms with Crippen LogP contribution in [0.3, 0.4) is 0 Å². The van der Waals surface area contributed by atoms with E-state index < -0.39 is 0 Å². The van der Waals surface area contributed by atoms with E-state index in [0.717, 1.165) is 0 Å². The number of carbonyl (C=O) groups excluding carboxylic acids is 1. The van der Waals surface area contributed by atoms with Crippen LogP contribution in [0.25, 0.3) is 0 Å². The van der Waals surface area contributed by atoms with Crippen molar-refractivity contribution in [2.24, 2.45) is 0 Å². The number of methoxy groups -OCH3 is 1. The standard InChI is InChI=1S/C9H13N3O3/c1-6-5-7(13)12(9(10)11-6)4-3-8(14)15-2/h5H,3-4H2,1-2H3,(H2,10,11). The van der Waals surface area contributed by atoms with Gasteiger partial charge in [0.15, 0.2) is 0 Å². The van der Waals surface area contributed by atoms with Gasteiger partial charge in [-0.2, -0.15) is 0 Å². The van der Waals surface area contributed by atoms with Crippen LogP contribution in [0.15, 0.2) is 10.9 Å². The highest BCUT2D eigenvalue weighted by Crippen LogP contribution is 1.98. The number of aromatic nitrogens is 2. The molecule has 0 unspecified atom stereocenters. The maximum Gasteiger partial charge on any atom is 0.307 e. The lowest BCUT2D eigenvalue weighted by Crippen LogP contribution is -2.25. The number of nitrogens with zero attached hydrogens (tertiary/aromatic N) is 2. The Hall–Kier alpha value is -1.85. The number of esters is 1. The van der Waals surface area contributed by atoms with Crippen LogP contribution in [-0.2, 0) is 16.1 Å². The van der Waals surface area contributed by atoms with E-state index in [-0.39, 0.29) is 30.4 Å². The first-order chi connectivity index (χ1) is 7.04. The topological polar surface area (TPSA) is 87.2 Å². The molecule has 0 bridgehead atoms. The van der Waals surface area contributed by atoms with Crippen LogP contribution in [0, 0.1) is 6.92 Å². The minimum absolute atomic E-state index is 0.103. The molecule has 0 spiro atoms. The summed E-state index contributed by atoms with van der Waals surface area (Å²) < 4.78 is 5.70. The number of nitrogen functional groups attached to an aromatic ring is 1. The van der Waals surface area contributed by atoms with E-state index in [0.29, 0.717) is 5.69 Å². The maximum absolute atomic E-state index is 11.5. The quantitative estimate of drug-likeness (QED) is 0.693. The molecule has 6 nitrogen and oxygen atoms in total. The number of rotatable bonds is 3. The van der Waals surface area contributed by atoms with Crippen molar-refractivity contribution in [3.63, 3.8) is 0 Å². The van der Waals surface area contributed by atoms with E-state index in [1.807, 2.05) is 0 Å². The number of carbonyl (C=O) groups is 1. The summed E-state index contributed by atoms with van der Waals surface area (Å²) in [4.78, 5) is 26.3. The van der Waals surface area contributed by atoms with Crippen molar-refractivity contribution in [1.29, 1.82) is 0 Å². The largest absolute Gasteiger partial charge is 0.469 e. The lowest BCUT2D eigenvalue weighted by atomic mass is 10.4. The summed E-state index contributed by atoms with van der Waals surface area (Å²) >= 11 is 0. The fourth-order valence-corrected chi connectivity index (χ4v) is 1.17. The van der Waals surface area contributed by atoms with Gasteiger partial charge in [-0.15, -0.1) is 0 Å². The number of aryl methyl sites for hydroxylation is 1. The molecule has 15 heavy (non-hydrogen) atoms. The second-order valence-corrected chi connectivity index (χ2v) is 3.07.